The van der Waals surface area contributed by atoms with Crippen molar-refractivity contribution in [2.24, 2.45) is 0 Å². The monoisotopic (exact) mass is 282 g/mol. The van der Waals surface area contributed by atoms with Crippen LogP contribution in [0.15, 0.2) is 18.5 Å². The van der Waals surface area contributed by atoms with Gasteiger partial charge in [-0.05, 0) is 26.8 Å². The fourth-order valence-corrected chi connectivity index (χ4v) is 1.35. The summed E-state index contributed by atoms with van der Waals surface area (Å²) in [5, 5.41) is 20.8. The molecule has 0 saturated carbocycles. The molecule has 1 aromatic rings. The predicted molar refractivity (Wildman–Crippen MR) is 73.8 cm³/mol. The minimum absolute atomic E-state index is 0.157. The van der Waals surface area contributed by atoms with Crippen molar-refractivity contribution in [3.05, 3.63) is 18.5 Å². The normalized spacial score (nSPS) is 10.8. The third-order valence-electron chi connectivity index (χ3n) is 2.12. The van der Waals surface area contributed by atoms with Gasteiger partial charge in [-0.25, -0.2) is 4.79 Å². The van der Waals surface area contributed by atoms with Crippen molar-refractivity contribution in [2.45, 2.75) is 26.4 Å². The van der Waals surface area contributed by atoms with Gasteiger partial charge in [-0.1, -0.05) is 0 Å². The van der Waals surface area contributed by atoms with Crippen LogP contribution in [0, 0.1) is 0 Å². The number of pyridine rings is 1. The molecule has 110 valence electrons. The Hall–Kier alpha value is -1.80. The molecule has 1 rings (SSSR count). The van der Waals surface area contributed by atoms with Crippen LogP contribution in [0.1, 0.15) is 20.8 Å². The number of hydrogen-bond acceptors (Lipinski definition) is 6. The maximum atomic E-state index is 11.4. The van der Waals surface area contributed by atoms with E-state index in [4.69, 9.17) is 19.5 Å². The highest BCUT2D eigenvalue weighted by Gasteiger charge is 2.17. The molecule has 3 N–H and O–H groups in total. The van der Waals surface area contributed by atoms with Crippen LogP contribution < -0.4 is 15.5 Å². The number of ether oxygens (including phenoxy) is 2. The van der Waals surface area contributed by atoms with Crippen molar-refractivity contribution in [3.8, 4) is 5.75 Å². The lowest BCUT2D eigenvalue weighted by molar-refractivity contribution is 0.0520. The predicted octanol–water partition coefficient (Wildman–Crippen LogP) is -0.335. The average molecular weight is 282 g/mol. The van der Waals surface area contributed by atoms with E-state index in [0.29, 0.717) is 0 Å². The first kappa shape index (κ1) is 16.3. The standard InChI is InChI=1S/C12H19BN2O5/c1-12(2,3)20-11(16)15-6-7-19-10-8-14-5-4-9(10)13(17)18/h4-5,8,17-18H,6-7H2,1-3H3,(H,15,16). The average Bonchev–Trinajstić information content (AvgIpc) is 2.33. The summed E-state index contributed by atoms with van der Waals surface area (Å²) < 4.78 is 10.4. The molecule has 0 aliphatic carbocycles. The molecule has 0 aliphatic heterocycles. The van der Waals surface area contributed by atoms with Crippen LogP contribution in [0.3, 0.4) is 0 Å². The van der Waals surface area contributed by atoms with Crippen LogP contribution in [0.5, 0.6) is 5.75 Å². The third kappa shape index (κ3) is 5.90. The Labute approximate surface area is 118 Å². The number of aromatic nitrogens is 1. The Kier molecular flexibility index (Phi) is 5.78. The van der Waals surface area contributed by atoms with Crippen molar-refractivity contribution in [1.82, 2.24) is 10.3 Å². The highest BCUT2D eigenvalue weighted by Crippen LogP contribution is 2.06. The second-order valence-corrected chi connectivity index (χ2v) is 5.06. The highest BCUT2D eigenvalue weighted by atomic mass is 16.6. The van der Waals surface area contributed by atoms with E-state index in [9.17, 15) is 4.79 Å². The Bertz CT molecular complexity index is 448. The van der Waals surface area contributed by atoms with Crippen molar-refractivity contribution in [2.75, 3.05) is 13.2 Å². The van der Waals surface area contributed by atoms with E-state index in [1.807, 2.05) is 0 Å². The maximum absolute atomic E-state index is 11.4. The number of alkyl carbamates (subject to hydrolysis) is 1. The van der Waals surface area contributed by atoms with Gasteiger partial charge in [0.05, 0.1) is 12.7 Å². The fourth-order valence-electron chi connectivity index (χ4n) is 1.35. The molecule has 20 heavy (non-hydrogen) atoms. The van der Waals surface area contributed by atoms with E-state index >= 15 is 0 Å². The zero-order chi connectivity index (χ0) is 15.2. The van der Waals surface area contributed by atoms with Crippen LogP contribution >= 0.6 is 0 Å². The number of carbonyl (C=O) groups excluding carboxylic acids is 1. The lowest BCUT2D eigenvalue weighted by Crippen LogP contribution is -2.36. The first-order valence-corrected chi connectivity index (χ1v) is 6.19. The summed E-state index contributed by atoms with van der Waals surface area (Å²) in [6.07, 6.45) is 2.28. The summed E-state index contributed by atoms with van der Waals surface area (Å²) in [4.78, 5) is 15.2. The van der Waals surface area contributed by atoms with Gasteiger partial charge in [0.2, 0.25) is 0 Å². The van der Waals surface area contributed by atoms with Crippen LogP contribution in [-0.2, 0) is 4.74 Å². The quantitative estimate of drug-likeness (QED) is 0.505. The number of nitrogens with zero attached hydrogens (tertiary/aromatic N) is 1. The lowest BCUT2D eigenvalue weighted by Gasteiger charge is -2.19. The number of rotatable bonds is 5. The summed E-state index contributed by atoms with van der Waals surface area (Å²) >= 11 is 0. The third-order valence-corrected chi connectivity index (χ3v) is 2.12. The molecule has 7 nitrogen and oxygen atoms in total. The van der Waals surface area contributed by atoms with Crippen molar-refractivity contribution in [3.63, 3.8) is 0 Å². The van der Waals surface area contributed by atoms with E-state index in [2.05, 4.69) is 10.3 Å². The van der Waals surface area contributed by atoms with Crippen LogP contribution in [-0.4, -0.2) is 47.0 Å². The molecule has 1 heterocycles. The molecule has 0 fully saturated rings. The van der Waals surface area contributed by atoms with Gasteiger partial charge < -0.3 is 24.8 Å². The molecule has 0 spiro atoms. The van der Waals surface area contributed by atoms with E-state index in [1.165, 1.54) is 18.5 Å². The SMILES string of the molecule is CC(C)(C)OC(=O)NCCOc1cnccc1B(O)O. The molecule has 0 aliphatic rings. The van der Waals surface area contributed by atoms with Gasteiger partial charge in [-0.2, -0.15) is 0 Å². The summed E-state index contributed by atoms with van der Waals surface area (Å²) in [7, 11) is -1.63. The van der Waals surface area contributed by atoms with E-state index < -0.39 is 18.8 Å². The Morgan fingerprint density at radius 2 is 2.15 bits per heavy atom. The van der Waals surface area contributed by atoms with E-state index in [-0.39, 0.29) is 24.4 Å². The summed E-state index contributed by atoms with van der Waals surface area (Å²) in [5.74, 6) is 0.258. The summed E-state index contributed by atoms with van der Waals surface area (Å²) in [6, 6.07) is 1.45. The number of carbonyl (C=O) groups is 1. The smallest absolute Gasteiger partial charge is 0.490 e. The van der Waals surface area contributed by atoms with Crippen LogP contribution in [0.2, 0.25) is 0 Å². The molecule has 0 radical (unpaired) electrons. The largest absolute Gasteiger partial charge is 0.492 e. The Balaban J connectivity index is 2.37. The minimum atomic E-state index is -1.63. The van der Waals surface area contributed by atoms with Crippen LogP contribution in [0.25, 0.3) is 0 Å². The molecule has 8 heteroatoms. The minimum Gasteiger partial charge on any atom is -0.490 e. The Morgan fingerprint density at radius 3 is 2.75 bits per heavy atom. The van der Waals surface area contributed by atoms with E-state index in [0.717, 1.165) is 0 Å². The summed E-state index contributed by atoms with van der Waals surface area (Å²) in [6.45, 7) is 5.70. The van der Waals surface area contributed by atoms with Gasteiger partial charge in [0, 0.05) is 11.7 Å². The van der Waals surface area contributed by atoms with Gasteiger partial charge in [0.15, 0.2) is 0 Å². The summed E-state index contributed by atoms with van der Waals surface area (Å²) in [5.41, 5.74) is -0.333. The first-order chi connectivity index (χ1) is 9.29. The van der Waals surface area contributed by atoms with Crippen molar-refractivity contribution < 1.29 is 24.3 Å². The zero-order valence-electron chi connectivity index (χ0n) is 11.8. The number of hydrogen-bond donors (Lipinski definition) is 3. The fraction of sp³-hybridized carbons (Fsp3) is 0.500. The van der Waals surface area contributed by atoms with Crippen molar-refractivity contribution >= 4 is 18.7 Å². The van der Waals surface area contributed by atoms with Gasteiger partial charge >= 0.3 is 13.2 Å². The van der Waals surface area contributed by atoms with Gasteiger partial charge in [-0.15, -0.1) is 0 Å². The highest BCUT2D eigenvalue weighted by molar-refractivity contribution is 6.59. The van der Waals surface area contributed by atoms with Gasteiger partial charge in [-0.3, -0.25) is 4.98 Å². The molecule has 0 aromatic carbocycles. The molecule has 0 atom stereocenters. The topological polar surface area (TPSA) is 101 Å². The number of nitrogens with one attached hydrogen (secondary N) is 1. The van der Waals surface area contributed by atoms with Gasteiger partial charge in [0.25, 0.3) is 0 Å². The molecule has 1 amide bonds. The molecule has 0 unspecified atom stereocenters. The second-order valence-electron chi connectivity index (χ2n) is 5.06. The van der Waals surface area contributed by atoms with Crippen molar-refractivity contribution in [1.29, 1.82) is 0 Å². The Morgan fingerprint density at radius 1 is 1.45 bits per heavy atom. The number of amides is 1. The molecule has 0 saturated heterocycles. The maximum Gasteiger partial charge on any atom is 0.492 e. The van der Waals surface area contributed by atoms with E-state index in [1.54, 1.807) is 20.8 Å². The molecule has 1 aromatic heterocycles. The molecular formula is C12H19BN2O5. The second kappa shape index (κ2) is 7.11. The first-order valence-electron chi connectivity index (χ1n) is 6.19. The molecule has 0 bridgehead atoms. The lowest BCUT2D eigenvalue weighted by atomic mass is 9.80. The zero-order valence-corrected chi connectivity index (χ0v) is 11.8. The molecular weight excluding hydrogens is 263 g/mol. The van der Waals surface area contributed by atoms with Gasteiger partial charge in [0.1, 0.15) is 18.0 Å². The van der Waals surface area contributed by atoms with Crippen LogP contribution in [0.4, 0.5) is 4.79 Å².